The summed E-state index contributed by atoms with van der Waals surface area (Å²) in [6.45, 7) is 18.6. The number of fused-ring (bicyclic) bond motifs is 1. The second-order valence-electron chi connectivity index (χ2n) is 12.4. The average molecular weight is 571 g/mol. The molecule has 0 spiro atoms. The van der Waals surface area contributed by atoms with Crippen LogP contribution in [0.25, 0.3) is 0 Å². The Labute approximate surface area is 246 Å². The van der Waals surface area contributed by atoms with E-state index in [-0.39, 0.29) is 16.9 Å². The fraction of sp³-hybridized carbons (Fsp3) is 0.625. The van der Waals surface area contributed by atoms with Crippen LogP contribution in [0.5, 0.6) is 11.5 Å². The summed E-state index contributed by atoms with van der Waals surface area (Å²) in [4.78, 5) is 0. The Kier molecular flexibility index (Phi) is 11.5. The minimum absolute atomic E-state index is 0.0213. The van der Waals surface area contributed by atoms with E-state index in [2.05, 4.69) is 59.7 Å². The summed E-state index contributed by atoms with van der Waals surface area (Å²) in [5, 5.41) is 0. The molecule has 1 unspecified atom stereocenters. The molecule has 2 heterocycles. The molecular formula is C32H47BO8. The van der Waals surface area contributed by atoms with E-state index in [1.165, 1.54) is 5.56 Å². The van der Waals surface area contributed by atoms with Gasteiger partial charge in [0.05, 0.1) is 72.7 Å². The minimum atomic E-state index is -0.592. The molecule has 1 atom stereocenters. The highest BCUT2D eigenvalue weighted by Crippen LogP contribution is 2.45. The van der Waals surface area contributed by atoms with Gasteiger partial charge in [-0.05, 0) is 28.0 Å². The molecule has 226 valence electrons. The Bertz CT molecular complexity index is 1080. The van der Waals surface area contributed by atoms with Crippen molar-refractivity contribution in [2.24, 2.45) is 0 Å². The van der Waals surface area contributed by atoms with Crippen LogP contribution < -0.4 is 14.8 Å². The first kappa shape index (κ1) is 31.8. The Hall–Kier alpha value is -2.14. The zero-order chi connectivity index (χ0) is 29.3. The number of benzene rings is 2. The molecule has 0 aromatic heterocycles. The van der Waals surface area contributed by atoms with Gasteiger partial charge in [0.1, 0.15) is 17.6 Å². The third kappa shape index (κ3) is 9.17. The van der Waals surface area contributed by atoms with Gasteiger partial charge in [-0.25, -0.2) is 0 Å². The van der Waals surface area contributed by atoms with Crippen LogP contribution in [0.15, 0.2) is 36.4 Å². The molecule has 41 heavy (non-hydrogen) atoms. The standard InChI is InChI=1S/C32H47BO8/c1-31(2,3)24-21-26(32(4,5)6)30-28(22-24)40-33(41-30)27-10-8-7-9-25(27)29-23-38-18-17-36-14-13-34-11-12-35-15-16-37-19-20-39-29/h7-10,21-22,29H,11-20,23H2,1-6H3. The van der Waals surface area contributed by atoms with Crippen molar-refractivity contribution in [3.05, 3.63) is 53.1 Å². The molecule has 1 saturated heterocycles. The van der Waals surface area contributed by atoms with E-state index < -0.39 is 7.12 Å². The number of hydrogen-bond acceptors (Lipinski definition) is 8. The van der Waals surface area contributed by atoms with E-state index >= 15 is 0 Å². The van der Waals surface area contributed by atoms with Gasteiger partial charge in [0.15, 0.2) is 0 Å². The van der Waals surface area contributed by atoms with Crippen molar-refractivity contribution in [1.29, 1.82) is 0 Å². The second-order valence-corrected chi connectivity index (χ2v) is 12.4. The van der Waals surface area contributed by atoms with Gasteiger partial charge >= 0.3 is 7.12 Å². The van der Waals surface area contributed by atoms with E-state index in [1.54, 1.807) is 0 Å². The average Bonchev–Trinajstić information content (AvgIpc) is 3.35. The maximum atomic E-state index is 6.58. The molecule has 0 N–H and O–H groups in total. The Morgan fingerprint density at radius 2 is 1.20 bits per heavy atom. The van der Waals surface area contributed by atoms with Gasteiger partial charge in [-0.3, -0.25) is 0 Å². The summed E-state index contributed by atoms with van der Waals surface area (Å²) in [6, 6.07) is 12.5. The summed E-state index contributed by atoms with van der Waals surface area (Å²) in [5.74, 6) is 1.59. The molecule has 0 amide bonds. The SMILES string of the molecule is CC(C)(C)c1cc2c(c(C(C)(C)C)c1)OB(c1ccccc1C1COCCOCCOCCOCCOCCO1)O2. The van der Waals surface area contributed by atoms with Crippen LogP contribution in [-0.2, 0) is 39.3 Å². The molecule has 0 bridgehead atoms. The van der Waals surface area contributed by atoms with Gasteiger partial charge in [-0.15, -0.1) is 0 Å². The zero-order valence-corrected chi connectivity index (χ0v) is 25.7. The van der Waals surface area contributed by atoms with Crippen molar-refractivity contribution in [3.8, 4) is 11.5 Å². The first-order chi connectivity index (χ1) is 19.6. The molecule has 0 radical (unpaired) electrons. The van der Waals surface area contributed by atoms with Crippen LogP contribution in [0.1, 0.15) is 64.3 Å². The highest BCUT2D eigenvalue weighted by atomic mass is 16.6. The van der Waals surface area contributed by atoms with Crippen LogP contribution in [0.4, 0.5) is 0 Å². The lowest BCUT2D eigenvalue weighted by atomic mass is 9.75. The van der Waals surface area contributed by atoms with Gasteiger partial charge in [-0.2, -0.15) is 0 Å². The molecule has 8 nitrogen and oxygen atoms in total. The Balaban J connectivity index is 1.53. The van der Waals surface area contributed by atoms with Crippen LogP contribution in [0.2, 0.25) is 0 Å². The maximum Gasteiger partial charge on any atom is 0.633 e. The Morgan fingerprint density at radius 1 is 0.634 bits per heavy atom. The first-order valence-corrected chi connectivity index (χ1v) is 14.8. The first-order valence-electron chi connectivity index (χ1n) is 14.8. The highest BCUT2D eigenvalue weighted by molar-refractivity contribution is 6.64. The van der Waals surface area contributed by atoms with E-state index in [0.29, 0.717) is 72.7 Å². The summed E-state index contributed by atoms with van der Waals surface area (Å²) < 4.78 is 47.9. The lowest BCUT2D eigenvalue weighted by Gasteiger charge is -2.26. The third-order valence-electron chi connectivity index (χ3n) is 7.09. The van der Waals surface area contributed by atoms with Crippen molar-refractivity contribution >= 4 is 12.6 Å². The quantitative estimate of drug-likeness (QED) is 0.486. The number of ether oxygens (including phenoxy) is 6. The fourth-order valence-electron chi connectivity index (χ4n) is 4.74. The molecule has 4 rings (SSSR count). The number of rotatable bonds is 2. The lowest BCUT2D eigenvalue weighted by molar-refractivity contribution is -0.0614. The molecule has 0 saturated carbocycles. The molecule has 0 aliphatic carbocycles. The predicted molar refractivity (Wildman–Crippen MR) is 160 cm³/mol. The van der Waals surface area contributed by atoms with Gasteiger partial charge in [0.25, 0.3) is 0 Å². The Morgan fingerprint density at radius 3 is 1.78 bits per heavy atom. The summed E-state index contributed by atoms with van der Waals surface area (Å²) >= 11 is 0. The lowest BCUT2D eigenvalue weighted by Crippen LogP contribution is -2.42. The predicted octanol–water partition coefficient (Wildman–Crippen LogP) is 4.60. The molecule has 1 fully saturated rings. The summed E-state index contributed by atoms with van der Waals surface area (Å²) in [5.41, 5.74) is 4.11. The molecule has 2 aliphatic rings. The van der Waals surface area contributed by atoms with Gasteiger partial charge in [-0.1, -0.05) is 71.9 Å². The second kappa shape index (κ2) is 14.9. The molecular weight excluding hydrogens is 523 g/mol. The van der Waals surface area contributed by atoms with Gasteiger partial charge in [0, 0.05) is 11.0 Å². The molecule has 2 aromatic carbocycles. The van der Waals surface area contributed by atoms with Crippen molar-refractivity contribution in [2.45, 2.75) is 58.5 Å². The van der Waals surface area contributed by atoms with Crippen molar-refractivity contribution < 1.29 is 37.7 Å². The molecule has 2 aliphatic heterocycles. The highest BCUT2D eigenvalue weighted by Gasteiger charge is 2.41. The van der Waals surface area contributed by atoms with E-state index in [4.69, 9.17) is 37.7 Å². The van der Waals surface area contributed by atoms with E-state index in [9.17, 15) is 0 Å². The minimum Gasteiger partial charge on any atom is -0.519 e. The van der Waals surface area contributed by atoms with Crippen molar-refractivity contribution in [2.75, 3.05) is 72.7 Å². The van der Waals surface area contributed by atoms with Crippen LogP contribution in [0, 0.1) is 0 Å². The third-order valence-corrected chi connectivity index (χ3v) is 7.09. The maximum absolute atomic E-state index is 6.58. The van der Waals surface area contributed by atoms with Crippen LogP contribution >= 0.6 is 0 Å². The monoisotopic (exact) mass is 570 g/mol. The fourth-order valence-corrected chi connectivity index (χ4v) is 4.74. The van der Waals surface area contributed by atoms with E-state index in [1.807, 2.05) is 18.2 Å². The summed E-state index contributed by atoms with van der Waals surface area (Å²) in [6.07, 6.45) is -0.337. The van der Waals surface area contributed by atoms with Crippen LogP contribution in [-0.4, -0.2) is 79.8 Å². The largest absolute Gasteiger partial charge is 0.633 e. The summed E-state index contributed by atoms with van der Waals surface area (Å²) in [7, 11) is -0.592. The number of hydrogen-bond donors (Lipinski definition) is 0. The van der Waals surface area contributed by atoms with Crippen molar-refractivity contribution in [3.63, 3.8) is 0 Å². The smallest absolute Gasteiger partial charge is 0.519 e. The molecule has 9 heteroatoms. The molecule has 2 aromatic rings. The van der Waals surface area contributed by atoms with Gasteiger partial charge in [0.2, 0.25) is 0 Å². The normalized spacial score (nSPS) is 20.8. The van der Waals surface area contributed by atoms with Gasteiger partial charge < -0.3 is 37.7 Å². The zero-order valence-electron chi connectivity index (χ0n) is 25.7. The topological polar surface area (TPSA) is 73.8 Å². The van der Waals surface area contributed by atoms with Crippen LogP contribution in [0.3, 0.4) is 0 Å². The van der Waals surface area contributed by atoms with E-state index in [0.717, 1.165) is 28.1 Å². The van der Waals surface area contributed by atoms with Crippen molar-refractivity contribution in [1.82, 2.24) is 0 Å².